The molecule has 0 aliphatic carbocycles. The van der Waals surface area contributed by atoms with Crippen LogP contribution in [0.1, 0.15) is 15.9 Å². The van der Waals surface area contributed by atoms with Crippen LogP contribution in [0.15, 0.2) is 89.9 Å². The lowest BCUT2D eigenvalue weighted by atomic mass is 10.1. The molecule has 0 atom stereocenters. The summed E-state index contributed by atoms with van der Waals surface area (Å²) >= 11 is 5.92. The van der Waals surface area contributed by atoms with Crippen molar-refractivity contribution >= 4 is 23.5 Å². The van der Waals surface area contributed by atoms with Crippen LogP contribution in [0.5, 0.6) is 0 Å². The van der Waals surface area contributed by atoms with Gasteiger partial charge in [-0.2, -0.15) is 0 Å². The van der Waals surface area contributed by atoms with Gasteiger partial charge < -0.3 is 4.98 Å². The number of hydrogen-bond donors (Lipinski definition) is 1. The van der Waals surface area contributed by atoms with Gasteiger partial charge in [-0.1, -0.05) is 54.1 Å². The van der Waals surface area contributed by atoms with Crippen molar-refractivity contribution < 1.29 is 9.18 Å². The maximum Gasteiger partial charge on any atom is 0.330 e. The Morgan fingerprint density at radius 3 is 2.47 bits per heavy atom. The summed E-state index contributed by atoms with van der Waals surface area (Å²) in [4.78, 5) is 27.8. The van der Waals surface area contributed by atoms with E-state index in [4.69, 9.17) is 11.6 Å². The molecule has 0 spiro atoms. The molecular weight excluding hydrogens is 403 g/mol. The van der Waals surface area contributed by atoms with Crippen LogP contribution in [0, 0.1) is 5.82 Å². The second-order valence-corrected chi connectivity index (χ2v) is 7.09. The molecule has 0 unspecified atom stereocenters. The van der Waals surface area contributed by atoms with E-state index in [9.17, 15) is 14.0 Å². The number of ketones is 1. The Morgan fingerprint density at radius 2 is 1.73 bits per heavy atom. The Balaban J connectivity index is 1.60. The summed E-state index contributed by atoms with van der Waals surface area (Å²) in [6.45, 7) is 0. The zero-order valence-corrected chi connectivity index (χ0v) is 16.4. The lowest BCUT2D eigenvalue weighted by molar-refractivity contribution is 0.104. The molecule has 0 radical (unpaired) electrons. The van der Waals surface area contributed by atoms with Crippen LogP contribution in [0.3, 0.4) is 0 Å². The second kappa shape index (κ2) is 8.35. The van der Waals surface area contributed by atoms with E-state index in [1.54, 1.807) is 60.8 Å². The molecule has 1 aromatic heterocycles. The number of imidazole rings is 1. The fourth-order valence-electron chi connectivity index (χ4n) is 3.01. The number of benzene rings is 3. The van der Waals surface area contributed by atoms with Crippen molar-refractivity contribution in [3.8, 4) is 16.9 Å². The number of H-pyrrole nitrogens is 1. The van der Waals surface area contributed by atoms with Crippen LogP contribution in [0.4, 0.5) is 4.39 Å². The van der Waals surface area contributed by atoms with E-state index in [0.29, 0.717) is 22.0 Å². The van der Waals surface area contributed by atoms with E-state index in [1.165, 1.54) is 22.8 Å². The normalized spacial score (nSPS) is 11.1. The Kier molecular flexibility index (Phi) is 5.46. The zero-order valence-electron chi connectivity index (χ0n) is 15.7. The van der Waals surface area contributed by atoms with Crippen LogP contribution in [-0.4, -0.2) is 15.3 Å². The smallest absolute Gasteiger partial charge is 0.305 e. The van der Waals surface area contributed by atoms with Crippen molar-refractivity contribution in [2.24, 2.45) is 0 Å². The van der Waals surface area contributed by atoms with Crippen LogP contribution in [0.25, 0.3) is 23.0 Å². The minimum absolute atomic E-state index is 0.220. The quantitative estimate of drug-likeness (QED) is 0.342. The molecule has 4 rings (SSSR count). The molecule has 4 aromatic rings. The molecule has 30 heavy (non-hydrogen) atoms. The summed E-state index contributed by atoms with van der Waals surface area (Å²) in [5, 5.41) is 0.612. The van der Waals surface area contributed by atoms with Gasteiger partial charge in [0.2, 0.25) is 0 Å². The molecule has 0 fully saturated rings. The average molecular weight is 419 g/mol. The Bertz CT molecular complexity index is 1290. The minimum atomic E-state index is -0.332. The number of aromatic amines is 1. The van der Waals surface area contributed by atoms with E-state index < -0.39 is 0 Å². The molecule has 0 aliphatic heterocycles. The maximum absolute atomic E-state index is 13.0. The molecular formula is C24H16ClFN2O2. The van der Waals surface area contributed by atoms with Crippen LogP contribution in [0.2, 0.25) is 5.02 Å². The number of nitrogens with zero attached hydrogens (tertiary/aromatic N) is 1. The second-order valence-electron chi connectivity index (χ2n) is 6.65. The first kappa shape index (κ1) is 19.6. The minimum Gasteiger partial charge on any atom is -0.305 e. The highest BCUT2D eigenvalue weighted by molar-refractivity contribution is 6.30. The number of carbonyl (C=O) groups is 1. The van der Waals surface area contributed by atoms with E-state index in [2.05, 4.69) is 4.98 Å². The predicted molar refractivity (Wildman–Crippen MR) is 117 cm³/mol. The molecule has 6 heteroatoms. The van der Waals surface area contributed by atoms with Gasteiger partial charge in [-0.15, -0.1) is 0 Å². The van der Waals surface area contributed by atoms with Crippen molar-refractivity contribution in [3.05, 3.63) is 118 Å². The van der Waals surface area contributed by atoms with Gasteiger partial charge in [0.1, 0.15) is 5.82 Å². The summed E-state index contributed by atoms with van der Waals surface area (Å²) in [5.74, 6) is -0.552. The highest BCUT2D eigenvalue weighted by Crippen LogP contribution is 2.20. The first-order valence-electron chi connectivity index (χ1n) is 9.16. The maximum atomic E-state index is 13.0. The van der Waals surface area contributed by atoms with Crippen molar-refractivity contribution in [1.82, 2.24) is 9.55 Å². The monoisotopic (exact) mass is 418 g/mol. The van der Waals surface area contributed by atoms with Gasteiger partial charge in [-0.25, -0.2) is 9.18 Å². The molecule has 1 heterocycles. The first-order valence-corrected chi connectivity index (χ1v) is 9.53. The zero-order chi connectivity index (χ0) is 21.1. The molecule has 1 N–H and O–H groups in total. The molecule has 148 valence electrons. The summed E-state index contributed by atoms with van der Waals surface area (Å²) in [6.07, 6.45) is 4.73. The number of hydrogen-bond acceptors (Lipinski definition) is 2. The summed E-state index contributed by atoms with van der Waals surface area (Å²) in [6, 6.07) is 19.8. The number of nitrogens with one attached hydrogen (secondary N) is 1. The lowest BCUT2D eigenvalue weighted by Gasteiger charge is -2.03. The summed E-state index contributed by atoms with van der Waals surface area (Å²) < 4.78 is 14.4. The van der Waals surface area contributed by atoms with Crippen molar-refractivity contribution in [2.75, 3.05) is 0 Å². The molecule has 0 saturated heterocycles. The van der Waals surface area contributed by atoms with Crippen molar-refractivity contribution in [2.45, 2.75) is 0 Å². The molecule has 4 nitrogen and oxygen atoms in total. The van der Waals surface area contributed by atoms with Crippen LogP contribution < -0.4 is 5.69 Å². The largest absolute Gasteiger partial charge is 0.330 e. The number of rotatable bonds is 5. The van der Waals surface area contributed by atoms with Gasteiger partial charge in [-0.05, 0) is 53.6 Å². The highest BCUT2D eigenvalue weighted by atomic mass is 35.5. The average Bonchev–Trinajstić information content (AvgIpc) is 3.15. The van der Waals surface area contributed by atoms with Gasteiger partial charge >= 0.3 is 5.69 Å². The summed E-state index contributed by atoms with van der Waals surface area (Å²) in [7, 11) is 0. The number of halogens is 2. The SMILES string of the molecule is O=C(/C=C/c1ccc(F)cc1)c1cccc(-n2cc(-c3ccc(Cl)cc3)[nH]c2=O)c1. The molecule has 0 aliphatic rings. The van der Waals surface area contributed by atoms with E-state index >= 15 is 0 Å². The third-order valence-electron chi connectivity index (χ3n) is 4.58. The Hall–Kier alpha value is -3.70. The Labute approximate surface area is 176 Å². The third-order valence-corrected chi connectivity index (χ3v) is 4.83. The highest BCUT2D eigenvalue weighted by Gasteiger charge is 2.09. The molecule has 0 saturated carbocycles. The predicted octanol–water partition coefficient (Wildman–Crippen LogP) is 5.52. The van der Waals surface area contributed by atoms with Crippen molar-refractivity contribution in [3.63, 3.8) is 0 Å². The van der Waals surface area contributed by atoms with E-state index in [0.717, 1.165) is 11.1 Å². The van der Waals surface area contributed by atoms with Gasteiger partial charge in [0.15, 0.2) is 5.78 Å². The van der Waals surface area contributed by atoms with E-state index in [-0.39, 0.29) is 17.3 Å². The first-order chi connectivity index (χ1) is 14.5. The van der Waals surface area contributed by atoms with Crippen LogP contribution in [-0.2, 0) is 0 Å². The number of aromatic nitrogens is 2. The fourth-order valence-corrected chi connectivity index (χ4v) is 3.14. The fraction of sp³-hybridized carbons (Fsp3) is 0. The van der Waals surface area contributed by atoms with Crippen molar-refractivity contribution in [1.29, 1.82) is 0 Å². The standard InChI is InChI=1S/C24H16ClFN2O2/c25-19-9-7-17(8-10-19)22-15-28(24(30)27-22)21-3-1-2-18(14-21)23(29)13-6-16-4-11-20(26)12-5-16/h1-15H,(H,27,30)/b13-6+. The van der Waals surface area contributed by atoms with Gasteiger partial charge in [0.05, 0.1) is 11.4 Å². The Morgan fingerprint density at radius 1 is 1.00 bits per heavy atom. The third kappa shape index (κ3) is 4.31. The van der Waals surface area contributed by atoms with Gasteiger partial charge in [-0.3, -0.25) is 9.36 Å². The lowest BCUT2D eigenvalue weighted by Crippen LogP contribution is -2.14. The summed E-state index contributed by atoms with van der Waals surface area (Å²) in [5.41, 5.74) is 2.88. The number of carbonyl (C=O) groups excluding carboxylic acids is 1. The molecule has 0 amide bonds. The molecule has 0 bridgehead atoms. The molecule has 3 aromatic carbocycles. The topological polar surface area (TPSA) is 54.9 Å². The van der Waals surface area contributed by atoms with Crippen LogP contribution >= 0.6 is 11.6 Å². The number of allylic oxidation sites excluding steroid dienone is 1. The van der Waals surface area contributed by atoms with Gasteiger partial charge in [0, 0.05) is 16.8 Å². The van der Waals surface area contributed by atoms with Gasteiger partial charge in [0.25, 0.3) is 0 Å². The van der Waals surface area contributed by atoms with E-state index in [1.807, 2.05) is 12.1 Å².